The first-order valence-electron chi connectivity index (χ1n) is 7.65. The Bertz CT molecular complexity index is 942. The molecule has 27 heavy (non-hydrogen) atoms. The van der Waals surface area contributed by atoms with Gasteiger partial charge >= 0.3 is 6.18 Å². The molecule has 3 heterocycles. The van der Waals surface area contributed by atoms with E-state index in [0.717, 1.165) is 18.5 Å². The Kier molecular flexibility index (Phi) is 4.75. The standard InChI is InChI=1S/C16H13F3N6O2/c1-9(10-3-4-12(20-7-10)16(17,18)19)23-13(26)11-8-21-15(24-14(11)27)25-6-2-5-22-25/h2-9H,1H3,(H,23,26)(H,21,24,27)/t9-/m1/s1. The summed E-state index contributed by atoms with van der Waals surface area (Å²) in [6, 6.07) is 3.04. The van der Waals surface area contributed by atoms with Crippen molar-refractivity contribution in [2.45, 2.75) is 19.1 Å². The molecule has 0 aromatic carbocycles. The second-order valence-corrected chi connectivity index (χ2v) is 5.53. The Morgan fingerprint density at radius 2 is 2.04 bits per heavy atom. The average molecular weight is 378 g/mol. The van der Waals surface area contributed by atoms with Crippen LogP contribution >= 0.6 is 0 Å². The normalized spacial score (nSPS) is 12.6. The number of aromatic hydroxyl groups is 1. The van der Waals surface area contributed by atoms with Crippen LogP contribution in [0, 0.1) is 0 Å². The van der Waals surface area contributed by atoms with Crippen LogP contribution in [0.4, 0.5) is 13.2 Å². The summed E-state index contributed by atoms with van der Waals surface area (Å²) in [4.78, 5) is 23.4. The van der Waals surface area contributed by atoms with Gasteiger partial charge in [-0.2, -0.15) is 23.3 Å². The van der Waals surface area contributed by atoms with Crippen molar-refractivity contribution in [1.29, 1.82) is 0 Å². The summed E-state index contributed by atoms with van der Waals surface area (Å²) < 4.78 is 39.0. The molecule has 1 amide bonds. The van der Waals surface area contributed by atoms with Crippen molar-refractivity contribution in [1.82, 2.24) is 30.0 Å². The molecule has 0 fully saturated rings. The van der Waals surface area contributed by atoms with Crippen molar-refractivity contribution >= 4 is 5.91 Å². The van der Waals surface area contributed by atoms with Gasteiger partial charge in [0.25, 0.3) is 11.9 Å². The second-order valence-electron chi connectivity index (χ2n) is 5.53. The molecule has 0 aliphatic rings. The van der Waals surface area contributed by atoms with E-state index in [0.29, 0.717) is 5.56 Å². The van der Waals surface area contributed by atoms with E-state index in [9.17, 15) is 23.1 Å². The maximum Gasteiger partial charge on any atom is 0.433 e. The first-order valence-corrected chi connectivity index (χ1v) is 7.65. The van der Waals surface area contributed by atoms with Crippen molar-refractivity contribution < 1.29 is 23.1 Å². The molecule has 0 saturated heterocycles. The number of nitrogens with one attached hydrogen (secondary N) is 1. The van der Waals surface area contributed by atoms with Crippen LogP contribution in [-0.2, 0) is 6.18 Å². The number of carbonyl (C=O) groups excluding carboxylic acids is 1. The predicted octanol–water partition coefficient (Wildman–Crippen LogP) is 2.27. The largest absolute Gasteiger partial charge is 0.493 e. The number of hydrogen-bond donors (Lipinski definition) is 2. The summed E-state index contributed by atoms with van der Waals surface area (Å²) in [5.74, 6) is -1.16. The zero-order valence-corrected chi connectivity index (χ0v) is 13.8. The molecular formula is C16H13F3N6O2. The van der Waals surface area contributed by atoms with Crippen molar-refractivity contribution in [2.24, 2.45) is 0 Å². The Morgan fingerprint density at radius 1 is 1.26 bits per heavy atom. The molecule has 1 atom stereocenters. The summed E-state index contributed by atoms with van der Waals surface area (Å²) in [6.45, 7) is 1.57. The van der Waals surface area contributed by atoms with Crippen LogP contribution in [0.5, 0.6) is 5.88 Å². The number of alkyl halides is 3. The molecule has 0 aliphatic heterocycles. The molecule has 3 rings (SSSR count). The minimum absolute atomic E-state index is 0.0778. The molecule has 0 aliphatic carbocycles. The van der Waals surface area contributed by atoms with E-state index in [1.54, 1.807) is 19.2 Å². The highest BCUT2D eigenvalue weighted by molar-refractivity contribution is 5.96. The van der Waals surface area contributed by atoms with Gasteiger partial charge < -0.3 is 10.4 Å². The quantitative estimate of drug-likeness (QED) is 0.722. The lowest BCUT2D eigenvalue weighted by Crippen LogP contribution is -2.27. The van der Waals surface area contributed by atoms with Gasteiger partial charge in [-0.1, -0.05) is 6.07 Å². The van der Waals surface area contributed by atoms with Crippen molar-refractivity contribution in [2.75, 3.05) is 0 Å². The highest BCUT2D eigenvalue weighted by atomic mass is 19.4. The highest BCUT2D eigenvalue weighted by Gasteiger charge is 2.32. The molecule has 11 heteroatoms. The maximum absolute atomic E-state index is 12.6. The van der Waals surface area contributed by atoms with Crippen LogP contribution in [0.15, 0.2) is 43.0 Å². The summed E-state index contributed by atoms with van der Waals surface area (Å²) in [5.41, 5.74) is -0.840. The Balaban J connectivity index is 1.73. The van der Waals surface area contributed by atoms with Gasteiger partial charge in [-0.3, -0.25) is 9.78 Å². The minimum Gasteiger partial charge on any atom is -0.493 e. The van der Waals surface area contributed by atoms with E-state index in [-0.39, 0.29) is 11.5 Å². The summed E-state index contributed by atoms with van der Waals surface area (Å²) in [5, 5.41) is 16.4. The minimum atomic E-state index is -4.54. The Hall–Kier alpha value is -3.50. The van der Waals surface area contributed by atoms with Crippen LogP contribution in [0.25, 0.3) is 5.95 Å². The SMILES string of the molecule is C[C@@H](NC(=O)c1cnc(-n2cccn2)nc1O)c1ccc(C(F)(F)F)nc1. The molecule has 140 valence electrons. The Labute approximate surface area is 150 Å². The first kappa shape index (κ1) is 18.3. The van der Waals surface area contributed by atoms with Crippen LogP contribution < -0.4 is 5.32 Å². The van der Waals surface area contributed by atoms with E-state index >= 15 is 0 Å². The molecule has 0 bridgehead atoms. The van der Waals surface area contributed by atoms with Gasteiger partial charge in [0, 0.05) is 24.8 Å². The third-order valence-corrected chi connectivity index (χ3v) is 3.63. The molecule has 2 N–H and O–H groups in total. The lowest BCUT2D eigenvalue weighted by atomic mass is 10.1. The molecule has 3 aromatic heterocycles. The molecule has 0 spiro atoms. The number of rotatable bonds is 4. The molecule has 0 saturated carbocycles. The summed E-state index contributed by atoms with van der Waals surface area (Å²) in [6.07, 6.45) is 0.691. The summed E-state index contributed by atoms with van der Waals surface area (Å²) >= 11 is 0. The number of halogens is 3. The number of aromatic nitrogens is 5. The van der Waals surface area contributed by atoms with E-state index in [1.165, 1.54) is 16.9 Å². The fourth-order valence-electron chi connectivity index (χ4n) is 2.21. The van der Waals surface area contributed by atoms with E-state index in [2.05, 4.69) is 25.4 Å². The fourth-order valence-corrected chi connectivity index (χ4v) is 2.21. The number of amides is 1. The lowest BCUT2D eigenvalue weighted by Gasteiger charge is -2.15. The zero-order valence-electron chi connectivity index (χ0n) is 13.8. The third kappa shape index (κ3) is 4.02. The van der Waals surface area contributed by atoms with Gasteiger partial charge in [-0.25, -0.2) is 9.67 Å². The second kappa shape index (κ2) is 7.02. The van der Waals surface area contributed by atoms with E-state index in [1.807, 2.05) is 0 Å². The highest BCUT2D eigenvalue weighted by Crippen LogP contribution is 2.28. The van der Waals surface area contributed by atoms with Gasteiger partial charge in [0.1, 0.15) is 11.3 Å². The number of hydrogen-bond acceptors (Lipinski definition) is 6. The summed E-state index contributed by atoms with van der Waals surface area (Å²) in [7, 11) is 0. The van der Waals surface area contributed by atoms with Gasteiger partial charge in [0.15, 0.2) is 0 Å². The average Bonchev–Trinajstić information content (AvgIpc) is 3.15. The van der Waals surface area contributed by atoms with E-state index in [4.69, 9.17) is 0 Å². The molecule has 3 aromatic rings. The van der Waals surface area contributed by atoms with Gasteiger partial charge in [-0.05, 0) is 24.6 Å². The fraction of sp³-hybridized carbons (Fsp3) is 0.188. The molecular weight excluding hydrogens is 365 g/mol. The van der Waals surface area contributed by atoms with Crippen LogP contribution in [-0.4, -0.2) is 35.7 Å². The van der Waals surface area contributed by atoms with Crippen molar-refractivity contribution in [3.63, 3.8) is 0 Å². The predicted molar refractivity (Wildman–Crippen MR) is 85.9 cm³/mol. The van der Waals surface area contributed by atoms with Crippen LogP contribution in [0.2, 0.25) is 0 Å². The topological polar surface area (TPSA) is 106 Å². The number of nitrogens with zero attached hydrogens (tertiary/aromatic N) is 5. The number of carbonyl (C=O) groups is 1. The maximum atomic E-state index is 12.6. The molecule has 0 unspecified atom stereocenters. The van der Waals surface area contributed by atoms with Gasteiger partial charge in [0.05, 0.1) is 6.04 Å². The molecule has 0 radical (unpaired) electrons. The first-order chi connectivity index (χ1) is 12.8. The van der Waals surface area contributed by atoms with Crippen molar-refractivity contribution in [3.8, 4) is 11.8 Å². The molecule has 8 nitrogen and oxygen atoms in total. The van der Waals surface area contributed by atoms with Gasteiger partial charge in [-0.15, -0.1) is 0 Å². The monoisotopic (exact) mass is 378 g/mol. The number of pyridine rings is 1. The van der Waals surface area contributed by atoms with Crippen molar-refractivity contribution in [3.05, 3.63) is 59.8 Å². The van der Waals surface area contributed by atoms with Crippen LogP contribution in [0.1, 0.15) is 34.6 Å². The van der Waals surface area contributed by atoms with Crippen LogP contribution in [0.3, 0.4) is 0 Å². The third-order valence-electron chi connectivity index (χ3n) is 3.63. The van der Waals surface area contributed by atoms with Gasteiger partial charge in [0.2, 0.25) is 5.88 Å². The zero-order chi connectivity index (χ0) is 19.6. The van der Waals surface area contributed by atoms with E-state index < -0.39 is 29.7 Å². The smallest absolute Gasteiger partial charge is 0.433 e. The Morgan fingerprint density at radius 3 is 2.59 bits per heavy atom. The lowest BCUT2D eigenvalue weighted by molar-refractivity contribution is -0.141.